The molecular weight excluding hydrogens is 308 g/mol. The normalized spacial score (nSPS) is 26.0. The molecule has 2 atom stereocenters. The van der Waals surface area contributed by atoms with E-state index in [1.165, 1.54) is 13.8 Å². The molecule has 0 bridgehead atoms. The van der Waals surface area contributed by atoms with Gasteiger partial charge in [0.2, 0.25) is 0 Å². The fourth-order valence-electron chi connectivity index (χ4n) is 3.96. The predicted octanol–water partition coefficient (Wildman–Crippen LogP) is 2.07. The van der Waals surface area contributed by atoms with Crippen molar-refractivity contribution in [3.63, 3.8) is 0 Å². The number of ketones is 4. The molecule has 0 heterocycles. The van der Waals surface area contributed by atoms with E-state index < -0.39 is 23.1 Å². The van der Waals surface area contributed by atoms with E-state index in [1.54, 1.807) is 24.3 Å². The smallest absolute Gasteiger partial charge is 0.191 e. The van der Waals surface area contributed by atoms with Crippen molar-refractivity contribution in [2.45, 2.75) is 38.7 Å². The van der Waals surface area contributed by atoms with Crippen LogP contribution in [0.3, 0.4) is 0 Å². The van der Waals surface area contributed by atoms with Crippen molar-refractivity contribution in [1.82, 2.24) is 0 Å². The molecule has 2 aliphatic rings. The largest absolute Gasteiger partial charge is 0.388 e. The van der Waals surface area contributed by atoms with Gasteiger partial charge in [-0.15, -0.1) is 0 Å². The summed E-state index contributed by atoms with van der Waals surface area (Å²) < 4.78 is 0. The van der Waals surface area contributed by atoms with Crippen LogP contribution in [0, 0.1) is 5.92 Å². The van der Waals surface area contributed by atoms with Gasteiger partial charge in [0.1, 0.15) is 11.6 Å². The standard InChI is InChI=1S/C19H18O5/c1-10(20)9-19(24)8-7-14-15(16(19)11(2)21)18(23)13-6-4-3-5-12(13)17(14)22/h3-6,16,24H,7-9H2,1-2H3/t16-,19+/m0/s1. The quantitative estimate of drug-likeness (QED) is 0.918. The van der Waals surface area contributed by atoms with E-state index in [4.69, 9.17) is 0 Å². The molecule has 0 fully saturated rings. The second kappa shape index (κ2) is 5.60. The molecule has 3 rings (SSSR count). The maximum absolute atomic E-state index is 12.9. The molecule has 124 valence electrons. The Morgan fingerprint density at radius 2 is 1.71 bits per heavy atom. The van der Waals surface area contributed by atoms with Gasteiger partial charge in [-0.1, -0.05) is 24.3 Å². The second-order valence-electron chi connectivity index (χ2n) is 6.62. The van der Waals surface area contributed by atoms with E-state index >= 15 is 0 Å². The summed E-state index contributed by atoms with van der Waals surface area (Å²) in [6, 6.07) is 6.49. The molecule has 0 saturated heterocycles. The van der Waals surface area contributed by atoms with Gasteiger partial charge in [0, 0.05) is 28.7 Å². The summed E-state index contributed by atoms with van der Waals surface area (Å²) in [6.45, 7) is 2.62. The van der Waals surface area contributed by atoms with Crippen LogP contribution in [0.25, 0.3) is 0 Å². The Bertz CT molecular complexity index is 817. The highest BCUT2D eigenvalue weighted by Crippen LogP contribution is 2.45. The van der Waals surface area contributed by atoms with Crippen molar-refractivity contribution in [3.8, 4) is 0 Å². The van der Waals surface area contributed by atoms with Crippen LogP contribution in [-0.4, -0.2) is 33.8 Å². The summed E-state index contributed by atoms with van der Waals surface area (Å²) >= 11 is 0. The van der Waals surface area contributed by atoms with E-state index in [0.29, 0.717) is 11.1 Å². The van der Waals surface area contributed by atoms with Crippen LogP contribution in [-0.2, 0) is 9.59 Å². The van der Waals surface area contributed by atoms with Crippen LogP contribution in [0.4, 0.5) is 0 Å². The summed E-state index contributed by atoms with van der Waals surface area (Å²) in [5.74, 6) is -2.48. The van der Waals surface area contributed by atoms with Crippen molar-refractivity contribution in [2.24, 2.45) is 5.92 Å². The molecule has 0 aromatic heterocycles. The number of carbonyl (C=O) groups is 4. The first kappa shape index (κ1) is 16.5. The highest BCUT2D eigenvalue weighted by atomic mass is 16.3. The lowest BCUT2D eigenvalue weighted by Crippen LogP contribution is -2.50. The molecule has 0 saturated carbocycles. The van der Waals surface area contributed by atoms with Crippen molar-refractivity contribution in [1.29, 1.82) is 0 Å². The first-order valence-electron chi connectivity index (χ1n) is 7.90. The molecule has 0 amide bonds. The maximum Gasteiger partial charge on any atom is 0.191 e. The number of rotatable bonds is 3. The van der Waals surface area contributed by atoms with Gasteiger partial charge in [0.25, 0.3) is 0 Å². The molecule has 24 heavy (non-hydrogen) atoms. The average Bonchev–Trinajstić information content (AvgIpc) is 2.50. The molecular formula is C19H18O5. The lowest BCUT2D eigenvalue weighted by molar-refractivity contribution is -0.134. The molecule has 5 nitrogen and oxygen atoms in total. The Balaban J connectivity index is 2.19. The van der Waals surface area contributed by atoms with Gasteiger partial charge >= 0.3 is 0 Å². The van der Waals surface area contributed by atoms with E-state index in [0.717, 1.165) is 0 Å². The number of aliphatic hydroxyl groups is 1. The Morgan fingerprint density at radius 3 is 2.25 bits per heavy atom. The van der Waals surface area contributed by atoms with E-state index in [9.17, 15) is 24.3 Å². The number of carbonyl (C=O) groups excluding carboxylic acids is 4. The highest BCUT2D eigenvalue weighted by molar-refractivity contribution is 6.28. The fraction of sp³-hybridized carbons (Fsp3) is 0.368. The summed E-state index contributed by atoms with van der Waals surface area (Å²) in [4.78, 5) is 49.5. The first-order valence-corrected chi connectivity index (χ1v) is 7.90. The molecule has 5 heteroatoms. The number of benzene rings is 1. The van der Waals surface area contributed by atoms with E-state index in [2.05, 4.69) is 0 Å². The molecule has 0 aliphatic heterocycles. The SMILES string of the molecule is CC(=O)C[C@]1(O)CCC2=C(C(=O)c3ccccc3C2=O)[C@@H]1C(C)=O. The van der Waals surface area contributed by atoms with E-state index in [1.807, 2.05) is 0 Å². The Morgan fingerprint density at radius 1 is 1.12 bits per heavy atom. The van der Waals surface area contributed by atoms with Gasteiger partial charge in [0.15, 0.2) is 11.6 Å². The topological polar surface area (TPSA) is 88.5 Å². The minimum atomic E-state index is -1.61. The van der Waals surface area contributed by atoms with Crippen LogP contribution < -0.4 is 0 Å². The number of hydrogen-bond acceptors (Lipinski definition) is 5. The maximum atomic E-state index is 12.9. The average molecular weight is 326 g/mol. The van der Waals surface area contributed by atoms with Gasteiger partial charge in [-0.05, 0) is 26.7 Å². The van der Waals surface area contributed by atoms with Crippen LogP contribution in [0.15, 0.2) is 35.4 Å². The minimum Gasteiger partial charge on any atom is -0.388 e. The van der Waals surface area contributed by atoms with Gasteiger partial charge in [0.05, 0.1) is 11.5 Å². The predicted molar refractivity (Wildman–Crippen MR) is 85.8 cm³/mol. The summed E-state index contributed by atoms with van der Waals surface area (Å²) in [5, 5.41) is 10.9. The number of allylic oxidation sites excluding steroid dienone is 1. The second-order valence-corrected chi connectivity index (χ2v) is 6.62. The number of Topliss-reactive ketones (excluding diaryl/α,β-unsaturated/α-hetero) is 4. The molecule has 0 spiro atoms. The summed E-state index contributed by atoms with van der Waals surface area (Å²) in [5.41, 5.74) is -0.660. The zero-order valence-electron chi connectivity index (χ0n) is 13.6. The van der Waals surface area contributed by atoms with Gasteiger partial charge < -0.3 is 5.11 Å². The molecule has 0 radical (unpaired) electrons. The molecule has 1 aromatic rings. The third-order valence-electron chi connectivity index (χ3n) is 4.86. The van der Waals surface area contributed by atoms with Gasteiger partial charge in [-0.2, -0.15) is 0 Å². The molecule has 2 aliphatic carbocycles. The lowest BCUT2D eigenvalue weighted by Gasteiger charge is -2.41. The zero-order chi connectivity index (χ0) is 17.6. The van der Waals surface area contributed by atoms with Crippen LogP contribution in [0.2, 0.25) is 0 Å². The third kappa shape index (κ3) is 2.36. The third-order valence-corrected chi connectivity index (χ3v) is 4.86. The van der Waals surface area contributed by atoms with E-state index in [-0.39, 0.29) is 42.0 Å². The monoisotopic (exact) mass is 326 g/mol. The Hall–Kier alpha value is -2.40. The zero-order valence-corrected chi connectivity index (χ0v) is 13.6. The van der Waals surface area contributed by atoms with Crippen LogP contribution in [0.1, 0.15) is 53.8 Å². The van der Waals surface area contributed by atoms with Crippen molar-refractivity contribution in [3.05, 3.63) is 46.5 Å². The molecule has 1 aromatic carbocycles. The van der Waals surface area contributed by atoms with Crippen LogP contribution in [0.5, 0.6) is 0 Å². The summed E-state index contributed by atoms with van der Waals surface area (Å²) in [6.07, 6.45) is 0.0792. The van der Waals surface area contributed by atoms with Gasteiger partial charge in [-0.25, -0.2) is 0 Å². The van der Waals surface area contributed by atoms with Gasteiger partial charge in [-0.3, -0.25) is 19.2 Å². The Kier molecular flexibility index (Phi) is 3.84. The fourth-order valence-corrected chi connectivity index (χ4v) is 3.96. The summed E-state index contributed by atoms with van der Waals surface area (Å²) in [7, 11) is 0. The molecule has 1 N–H and O–H groups in total. The highest BCUT2D eigenvalue weighted by Gasteiger charge is 2.51. The lowest BCUT2D eigenvalue weighted by atomic mass is 9.63. The minimum absolute atomic E-state index is 0.0706. The first-order chi connectivity index (χ1) is 11.3. The number of hydrogen-bond donors (Lipinski definition) is 1. The Labute approximate surface area is 139 Å². The van der Waals surface area contributed by atoms with Crippen molar-refractivity contribution >= 4 is 23.1 Å². The molecule has 0 unspecified atom stereocenters. The van der Waals surface area contributed by atoms with Crippen molar-refractivity contribution in [2.75, 3.05) is 0 Å². The van der Waals surface area contributed by atoms with Crippen LogP contribution >= 0.6 is 0 Å². The van der Waals surface area contributed by atoms with Crippen molar-refractivity contribution < 1.29 is 24.3 Å². The number of fused-ring (bicyclic) bond motifs is 1.